The number of hydrogen-bond donors (Lipinski definition) is 0. The lowest BCUT2D eigenvalue weighted by atomic mass is 10.3. The second-order valence-electron chi connectivity index (χ2n) is 2.16. The van der Waals surface area contributed by atoms with Crippen molar-refractivity contribution in [3.8, 4) is 0 Å². The van der Waals surface area contributed by atoms with E-state index >= 15 is 0 Å². The Morgan fingerprint density at radius 3 is 2.67 bits per heavy atom. The molecule has 2 heteroatoms. The van der Waals surface area contributed by atoms with Gasteiger partial charge in [0.25, 0.3) is 0 Å². The van der Waals surface area contributed by atoms with Gasteiger partial charge in [0.2, 0.25) is 0 Å². The summed E-state index contributed by atoms with van der Waals surface area (Å²) < 4.78 is 1.86. The summed E-state index contributed by atoms with van der Waals surface area (Å²) >= 11 is 0. The number of aromatic nitrogens is 1. The van der Waals surface area contributed by atoms with Crippen molar-refractivity contribution in [2.24, 2.45) is 7.05 Å². The van der Waals surface area contributed by atoms with Gasteiger partial charge in [-0.15, -0.1) is 0 Å². The van der Waals surface area contributed by atoms with E-state index in [1.807, 2.05) is 24.7 Å². The molecule has 1 aromatic rings. The molecule has 1 rings (SSSR count). The first kappa shape index (κ1) is 6.08. The van der Waals surface area contributed by atoms with Gasteiger partial charge in [-0.3, -0.25) is 4.79 Å². The lowest BCUT2D eigenvalue weighted by molar-refractivity contribution is 0.889. The summed E-state index contributed by atoms with van der Waals surface area (Å²) in [5.74, 6) is 0. The SMILES string of the molecule is Cc1cn(C)ccc1=O. The summed E-state index contributed by atoms with van der Waals surface area (Å²) in [6.07, 6.45) is 3.55. The van der Waals surface area contributed by atoms with Crippen LogP contribution in [0.2, 0.25) is 0 Å². The van der Waals surface area contributed by atoms with E-state index in [0.717, 1.165) is 5.56 Å². The zero-order valence-corrected chi connectivity index (χ0v) is 5.59. The number of aryl methyl sites for hydroxylation is 2. The van der Waals surface area contributed by atoms with Crippen LogP contribution in [0.3, 0.4) is 0 Å². The Hall–Kier alpha value is -1.05. The average Bonchev–Trinajstić information content (AvgIpc) is 1.80. The molecule has 0 unspecified atom stereocenters. The summed E-state index contributed by atoms with van der Waals surface area (Å²) in [6.45, 7) is 1.81. The first-order chi connectivity index (χ1) is 4.20. The maximum atomic E-state index is 10.8. The molecule has 0 saturated heterocycles. The van der Waals surface area contributed by atoms with Crippen molar-refractivity contribution >= 4 is 0 Å². The number of rotatable bonds is 0. The molecule has 0 spiro atoms. The molecule has 0 aliphatic carbocycles. The number of pyridine rings is 1. The molecule has 9 heavy (non-hydrogen) atoms. The van der Waals surface area contributed by atoms with Gasteiger partial charge in [0.05, 0.1) is 0 Å². The van der Waals surface area contributed by atoms with Crippen molar-refractivity contribution in [1.29, 1.82) is 0 Å². The van der Waals surface area contributed by atoms with Gasteiger partial charge in [-0.1, -0.05) is 0 Å². The van der Waals surface area contributed by atoms with Crippen LogP contribution in [0.1, 0.15) is 5.56 Å². The Bertz CT molecular complexity index is 262. The molecule has 0 bridgehead atoms. The fourth-order valence-electron chi connectivity index (χ4n) is 0.729. The van der Waals surface area contributed by atoms with Gasteiger partial charge in [0.1, 0.15) is 0 Å². The molecular formula is C7H9NO. The third kappa shape index (κ3) is 1.19. The van der Waals surface area contributed by atoms with Crippen LogP contribution in [0.5, 0.6) is 0 Å². The fraction of sp³-hybridized carbons (Fsp3) is 0.286. The van der Waals surface area contributed by atoms with Gasteiger partial charge in [0, 0.05) is 31.1 Å². The van der Waals surface area contributed by atoms with Gasteiger partial charge >= 0.3 is 0 Å². The molecular weight excluding hydrogens is 114 g/mol. The van der Waals surface area contributed by atoms with Gasteiger partial charge in [-0.2, -0.15) is 0 Å². The predicted molar refractivity (Wildman–Crippen MR) is 36.4 cm³/mol. The second kappa shape index (κ2) is 2.05. The monoisotopic (exact) mass is 123 g/mol. The minimum absolute atomic E-state index is 0.105. The fourth-order valence-corrected chi connectivity index (χ4v) is 0.729. The second-order valence-corrected chi connectivity index (χ2v) is 2.16. The standard InChI is InChI=1S/C7H9NO/c1-6-5-8(2)4-3-7(6)9/h3-5H,1-2H3. The lowest BCUT2D eigenvalue weighted by Gasteiger charge is -1.95. The Morgan fingerprint density at radius 2 is 2.22 bits per heavy atom. The van der Waals surface area contributed by atoms with Crippen LogP contribution in [0.4, 0.5) is 0 Å². The van der Waals surface area contributed by atoms with Crippen molar-refractivity contribution in [3.63, 3.8) is 0 Å². The molecule has 0 amide bonds. The summed E-state index contributed by atoms with van der Waals surface area (Å²) in [5, 5.41) is 0. The molecule has 2 nitrogen and oxygen atoms in total. The third-order valence-electron chi connectivity index (χ3n) is 1.25. The molecule has 0 aliphatic rings. The molecule has 0 atom stereocenters. The highest BCUT2D eigenvalue weighted by Crippen LogP contribution is 1.84. The smallest absolute Gasteiger partial charge is 0.184 e. The van der Waals surface area contributed by atoms with Gasteiger partial charge < -0.3 is 4.57 Å². The average molecular weight is 123 g/mol. The minimum atomic E-state index is 0.105. The zero-order valence-electron chi connectivity index (χ0n) is 5.59. The van der Waals surface area contributed by atoms with Gasteiger partial charge in [-0.25, -0.2) is 0 Å². The van der Waals surface area contributed by atoms with Crippen LogP contribution < -0.4 is 5.43 Å². The third-order valence-corrected chi connectivity index (χ3v) is 1.25. The van der Waals surface area contributed by atoms with E-state index in [9.17, 15) is 4.79 Å². The highest BCUT2D eigenvalue weighted by atomic mass is 16.1. The van der Waals surface area contributed by atoms with Crippen LogP contribution in [0.15, 0.2) is 23.3 Å². The molecule has 48 valence electrons. The van der Waals surface area contributed by atoms with Gasteiger partial charge in [-0.05, 0) is 6.92 Å². The maximum absolute atomic E-state index is 10.8. The van der Waals surface area contributed by atoms with Crippen LogP contribution in [0, 0.1) is 6.92 Å². The molecule has 1 aromatic heterocycles. The van der Waals surface area contributed by atoms with E-state index in [4.69, 9.17) is 0 Å². The minimum Gasteiger partial charge on any atom is -0.357 e. The van der Waals surface area contributed by atoms with Crippen molar-refractivity contribution in [2.45, 2.75) is 6.92 Å². The van der Waals surface area contributed by atoms with E-state index in [1.54, 1.807) is 12.3 Å². The van der Waals surface area contributed by atoms with Crippen molar-refractivity contribution in [2.75, 3.05) is 0 Å². The van der Waals surface area contributed by atoms with E-state index in [2.05, 4.69) is 0 Å². The Kier molecular flexibility index (Phi) is 1.39. The molecule has 1 heterocycles. The molecule has 0 aromatic carbocycles. The van der Waals surface area contributed by atoms with Gasteiger partial charge in [0.15, 0.2) is 5.43 Å². The summed E-state index contributed by atoms with van der Waals surface area (Å²) in [7, 11) is 1.90. The van der Waals surface area contributed by atoms with E-state index in [-0.39, 0.29) is 5.43 Å². The largest absolute Gasteiger partial charge is 0.357 e. The number of hydrogen-bond acceptors (Lipinski definition) is 1. The summed E-state index contributed by atoms with van der Waals surface area (Å²) in [6, 6.07) is 1.56. The molecule has 0 N–H and O–H groups in total. The molecule has 0 saturated carbocycles. The molecule has 0 radical (unpaired) electrons. The molecule has 0 fully saturated rings. The Morgan fingerprint density at radius 1 is 1.56 bits per heavy atom. The highest BCUT2D eigenvalue weighted by Gasteiger charge is 1.87. The van der Waals surface area contributed by atoms with Crippen molar-refractivity contribution < 1.29 is 0 Å². The zero-order chi connectivity index (χ0) is 6.85. The quantitative estimate of drug-likeness (QED) is 0.497. The first-order valence-electron chi connectivity index (χ1n) is 2.83. The lowest BCUT2D eigenvalue weighted by Crippen LogP contribution is -2.05. The van der Waals surface area contributed by atoms with E-state index in [1.165, 1.54) is 0 Å². The Labute approximate surface area is 53.8 Å². The maximum Gasteiger partial charge on any atom is 0.184 e. The Balaban J connectivity index is 3.34. The van der Waals surface area contributed by atoms with Crippen molar-refractivity contribution in [3.05, 3.63) is 34.2 Å². The summed E-state index contributed by atoms with van der Waals surface area (Å²) in [5.41, 5.74) is 0.896. The first-order valence-corrected chi connectivity index (χ1v) is 2.83. The van der Waals surface area contributed by atoms with E-state index in [0.29, 0.717) is 0 Å². The topological polar surface area (TPSA) is 22.0 Å². The van der Waals surface area contributed by atoms with Crippen LogP contribution in [-0.4, -0.2) is 4.57 Å². The van der Waals surface area contributed by atoms with Crippen molar-refractivity contribution in [1.82, 2.24) is 4.57 Å². The predicted octanol–water partition coefficient (Wildman–Crippen LogP) is 0.694. The van der Waals surface area contributed by atoms with E-state index < -0.39 is 0 Å². The summed E-state index contributed by atoms with van der Waals surface area (Å²) in [4.78, 5) is 10.8. The normalized spacial score (nSPS) is 9.56. The van der Waals surface area contributed by atoms with Crippen LogP contribution >= 0.6 is 0 Å². The number of nitrogens with zero attached hydrogens (tertiary/aromatic N) is 1. The highest BCUT2D eigenvalue weighted by molar-refractivity contribution is 5.06. The van der Waals surface area contributed by atoms with Crippen LogP contribution in [0.25, 0.3) is 0 Å². The molecule has 0 aliphatic heterocycles. The van der Waals surface area contributed by atoms with Crippen LogP contribution in [-0.2, 0) is 7.05 Å².